The van der Waals surface area contributed by atoms with Crippen LogP contribution in [0.1, 0.15) is 40.0 Å². The molecule has 0 aliphatic carbocycles. The zero-order valence-electron chi connectivity index (χ0n) is 9.13. The monoisotopic (exact) mass is 201 g/mol. The summed E-state index contributed by atoms with van der Waals surface area (Å²) in [4.78, 5) is 11.3. The first-order chi connectivity index (χ1) is 6.53. The van der Waals surface area contributed by atoms with Crippen LogP contribution in [0.5, 0.6) is 0 Å². The van der Waals surface area contributed by atoms with E-state index in [0.29, 0.717) is 0 Å². The van der Waals surface area contributed by atoms with Crippen molar-refractivity contribution in [2.75, 3.05) is 6.54 Å². The smallest absolute Gasteiger partial charge is 0.428 e. The maximum absolute atomic E-state index is 11.3. The van der Waals surface area contributed by atoms with Crippen LogP contribution in [0.2, 0.25) is 0 Å². The summed E-state index contributed by atoms with van der Waals surface area (Å²) < 4.78 is 10.2. The molecular formula is C10H19NO3. The molecule has 0 saturated carbocycles. The Morgan fingerprint density at radius 1 is 1.57 bits per heavy atom. The average molecular weight is 201 g/mol. The lowest BCUT2D eigenvalue weighted by molar-refractivity contribution is -0.0382. The first-order valence-corrected chi connectivity index (χ1v) is 5.16. The van der Waals surface area contributed by atoms with Gasteiger partial charge in [0, 0.05) is 0 Å². The van der Waals surface area contributed by atoms with E-state index in [1.165, 1.54) is 0 Å². The lowest BCUT2D eigenvalue weighted by Crippen LogP contribution is -2.33. The summed E-state index contributed by atoms with van der Waals surface area (Å²) in [6.45, 7) is 6.63. The Balaban J connectivity index is 2.27. The van der Waals surface area contributed by atoms with Gasteiger partial charge in [-0.05, 0) is 39.7 Å². The van der Waals surface area contributed by atoms with E-state index < -0.39 is 11.8 Å². The minimum atomic E-state index is -0.573. The van der Waals surface area contributed by atoms with Gasteiger partial charge in [0.05, 0.1) is 0 Å². The Morgan fingerprint density at radius 2 is 2.29 bits per heavy atom. The van der Waals surface area contributed by atoms with E-state index in [0.717, 1.165) is 25.8 Å². The standard InChI is InChI=1S/C10H19NO3/c1-4-10(2,3)14-9(12)13-8-6-5-7-11-8/h8,11H,4-7H2,1-3H3. The van der Waals surface area contributed by atoms with Gasteiger partial charge in [-0.2, -0.15) is 0 Å². The summed E-state index contributed by atoms with van der Waals surface area (Å²) in [6.07, 6.45) is 1.98. The number of carbonyl (C=O) groups is 1. The van der Waals surface area contributed by atoms with Crippen LogP contribution in [-0.2, 0) is 9.47 Å². The van der Waals surface area contributed by atoms with Crippen LogP contribution in [0.15, 0.2) is 0 Å². The Kier molecular flexibility index (Phi) is 3.75. The van der Waals surface area contributed by atoms with E-state index in [2.05, 4.69) is 5.32 Å². The molecule has 1 N–H and O–H groups in total. The second kappa shape index (κ2) is 4.64. The fourth-order valence-electron chi connectivity index (χ4n) is 1.19. The Morgan fingerprint density at radius 3 is 2.79 bits per heavy atom. The largest absolute Gasteiger partial charge is 0.510 e. The van der Waals surface area contributed by atoms with Gasteiger partial charge < -0.3 is 9.47 Å². The van der Waals surface area contributed by atoms with Crippen molar-refractivity contribution in [2.24, 2.45) is 0 Å². The zero-order chi connectivity index (χ0) is 10.6. The van der Waals surface area contributed by atoms with Crippen molar-refractivity contribution in [3.8, 4) is 0 Å². The fraction of sp³-hybridized carbons (Fsp3) is 0.900. The minimum absolute atomic E-state index is 0.157. The molecule has 4 nitrogen and oxygen atoms in total. The third-order valence-corrected chi connectivity index (χ3v) is 2.46. The number of ether oxygens (including phenoxy) is 2. The van der Waals surface area contributed by atoms with Crippen LogP contribution in [0.4, 0.5) is 4.79 Å². The van der Waals surface area contributed by atoms with Crippen molar-refractivity contribution in [3.63, 3.8) is 0 Å². The minimum Gasteiger partial charge on any atom is -0.428 e. The molecular weight excluding hydrogens is 182 g/mol. The van der Waals surface area contributed by atoms with Crippen molar-refractivity contribution in [1.82, 2.24) is 5.32 Å². The first kappa shape index (κ1) is 11.3. The normalized spacial score (nSPS) is 22.1. The van der Waals surface area contributed by atoms with Gasteiger partial charge in [0.15, 0.2) is 6.23 Å². The lowest BCUT2D eigenvalue weighted by Gasteiger charge is -2.23. The van der Waals surface area contributed by atoms with Gasteiger partial charge in [-0.3, -0.25) is 5.32 Å². The molecule has 1 atom stereocenters. The molecule has 0 amide bonds. The van der Waals surface area contributed by atoms with Crippen LogP contribution in [-0.4, -0.2) is 24.5 Å². The molecule has 1 aliphatic rings. The third-order valence-electron chi connectivity index (χ3n) is 2.46. The second-order valence-corrected chi connectivity index (χ2v) is 4.17. The van der Waals surface area contributed by atoms with Crippen molar-refractivity contribution >= 4 is 6.16 Å². The molecule has 1 rings (SSSR count). The number of carbonyl (C=O) groups excluding carboxylic acids is 1. The highest BCUT2D eigenvalue weighted by atomic mass is 16.7. The number of rotatable bonds is 3. The maximum Gasteiger partial charge on any atom is 0.510 e. The van der Waals surface area contributed by atoms with Crippen LogP contribution in [0.25, 0.3) is 0 Å². The second-order valence-electron chi connectivity index (χ2n) is 4.17. The molecule has 1 heterocycles. The van der Waals surface area contributed by atoms with Gasteiger partial charge in [-0.15, -0.1) is 0 Å². The fourth-order valence-corrected chi connectivity index (χ4v) is 1.19. The molecule has 1 saturated heterocycles. The van der Waals surface area contributed by atoms with E-state index in [-0.39, 0.29) is 6.23 Å². The molecule has 1 unspecified atom stereocenters. The highest BCUT2D eigenvalue weighted by Gasteiger charge is 2.25. The molecule has 0 spiro atoms. The highest BCUT2D eigenvalue weighted by molar-refractivity contribution is 5.60. The Labute approximate surface area is 85.0 Å². The predicted octanol–water partition coefficient (Wildman–Crippen LogP) is 2.04. The number of nitrogens with one attached hydrogen (secondary N) is 1. The summed E-state index contributed by atoms with van der Waals surface area (Å²) in [5.74, 6) is 0. The van der Waals surface area contributed by atoms with Crippen LogP contribution in [0, 0.1) is 0 Å². The predicted molar refractivity (Wildman–Crippen MR) is 53.0 cm³/mol. The SMILES string of the molecule is CCC(C)(C)OC(=O)OC1CCCN1. The molecule has 0 radical (unpaired) electrons. The van der Waals surface area contributed by atoms with E-state index >= 15 is 0 Å². The van der Waals surface area contributed by atoms with Crippen molar-refractivity contribution in [3.05, 3.63) is 0 Å². The van der Waals surface area contributed by atoms with E-state index in [9.17, 15) is 4.79 Å². The molecule has 14 heavy (non-hydrogen) atoms. The summed E-state index contributed by atoms with van der Waals surface area (Å²) in [5, 5.41) is 3.07. The Bertz CT molecular complexity index is 198. The maximum atomic E-state index is 11.3. The third kappa shape index (κ3) is 3.54. The summed E-state index contributed by atoms with van der Waals surface area (Å²) in [7, 11) is 0. The molecule has 4 heteroatoms. The number of hydrogen-bond acceptors (Lipinski definition) is 4. The topological polar surface area (TPSA) is 47.6 Å². The average Bonchev–Trinajstić information content (AvgIpc) is 2.55. The zero-order valence-corrected chi connectivity index (χ0v) is 9.13. The van der Waals surface area contributed by atoms with Crippen LogP contribution >= 0.6 is 0 Å². The molecule has 1 aliphatic heterocycles. The molecule has 0 aromatic rings. The van der Waals surface area contributed by atoms with E-state index in [1.54, 1.807) is 0 Å². The quantitative estimate of drug-likeness (QED) is 0.710. The van der Waals surface area contributed by atoms with Gasteiger partial charge in [0.1, 0.15) is 5.60 Å². The molecule has 0 aromatic carbocycles. The lowest BCUT2D eigenvalue weighted by atomic mass is 10.1. The van der Waals surface area contributed by atoms with Gasteiger partial charge >= 0.3 is 6.16 Å². The molecule has 0 aromatic heterocycles. The number of hydrogen-bond donors (Lipinski definition) is 1. The molecule has 82 valence electrons. The van der Waals surface area contributed by atoms with Gasteiger partial charge in [0.25, 0.3) is 0 Å². The summed E-state index contributed by atoms with van der Waals surface area (Å²) in [6, 6.07) is 0. The Hall–Kier alpha value is -0.770. The van der Waals surface area contributed by atoms with E-state index in [4.69, 9.17) is 9.47 Å². The highest BCUT2D eigenvalue weighted by Crippen LogP contribution is 2.16. The van der Waals surface area contributed by atoms with Crippen molar-refractivity contribution < 1.29 is 14.3 Å². The van der Waals surface area contributed by atoms with Gasteiger partial charge in [-0.25, -0.2) is 4.79 Å². The van der Waals surface area contributed by atoms with E-state index in [1.807, 2.05) is 20.8 Å². The van der Waals surface area contributed by atoms with Crippen LogP contribution in [0.3, 0.4) is 0 Å². The molecule has 0 bridgehead atoms. The summed E-state index contributed by atoms with van der Waals surface area (Å²) >= 11 is 0. The van der Waals surface area contributed by atoms with Gasteiger partial charge in [0.2, 0.25) is 0 Å². The van der Waals surface area contributed by atoms with Crippen molar-refractivity contribution in [2.45, 2.75) is 51.9 Å². The van der Waals surface area contributed by atoms with Crippen molar-refractivity contribution in [1.29, 1.82) is 0 Å². The van der Waals surface area contributed by atoms with Crippen LogP contribution < -0.4 is 5.32 Å². The first-order valence-electron chi connectivity index (χ1n) is 5.16. The summed E-state index contributed by atoms with van der Waals surface area (Å²) in [5.41, 5.74) is -0.435. The van der Waals surface area contributed by atoms with Gasteiger partial charge in [-0.1, -0.05) is 6.92 Å². The molecule has 1 fully saturated rings.